The molecule has 2 heterocycles. The second kappa shape index (κ2) is 9.02. The average molecular weight is 389 g/mol. The maximum absolute atomic E-state index is 9.19. The fraction of sp³-hybridized carbons (Fsp3) is 0.375. The molecule has 0 atom stereocenters. The number of methoxy groups -OCH3 is 1. The number of nitrogens with zero attached hydrogens (tertiary/aromatic N) is 2. The van der Waals surface area contributed by atoms with Crippen molar-refractivity contribution in [3.05, 3.63) is 59.8 Å². The van der Waals surface area contributed by atoms with Gasteiger partial charge in [-0.25, -0.2) is 0 Å². The fourth-order valence-corrected chi connectivity index (χ4v) is 4.23. The first-order chi connectivity index (χ1) is 14.3. The number of hydrogen-bond donors (Lipinski definition) is 1. The van der Waals surface area contributed by atoms with Gasteiger partial charge in [0.25, 0.3) is 0 Å². The standard InChI is InChI=1S/C24H27N3O2/c1-28-23-5-2-3-6-24(23)29-14-4-11-27-12-9-19(10-13-27)21-17-26-22-8-7-18(16-25)15-20(21)22/h2-3,5-8,15,17,19,26H,4,9-14H2,1H3. The number of nitrogens with one attached hydrogen (secondary N) is 1. The average Bonchev–Trinajstić information content (AvgIpc) is 3.20. The molecule has 0 spiro atoms. The van der Waals surface area contributed by atoms with Crippen molar-refractivity contribution in [3.8, 4) is 17.6 Å². The Kier molecular flexibility index (Phi) is 6.02. The van der Waals surface area contributed by atoms with Crippen LogP contribution >= 0.6 is 0 Å². The molecule has 5 nitrogen and oxygen atoms in total. The minimum absolute atomic E-state index is 0.554. The molecule has 0 radical (unpaired) electrons. The first-order valence-corrected chi connectivity index (χ1v) is 10.3. The van der Waals surface area contributed by atoms with Gasteiger partial charge >= 0.3 is 0 Å². The van der Waals surface area contributed by atoms with Gasteiger partial charge in [-0.15, -0.1) is 0 Å². The highest BCUT2D eigenvalue weighted by Crippen LogP contribution is 2.33. The van der Waals surface area contributed by atoms with E-state index in [9.17, 15) is 5.26 Å². The second-order valence-corrected chi connectivity index (χ2v) is 7.58. The molecular formula is C24H27N3O2. The summed E-state index contributed by atoms with van der Waals surface area (Å²) >= 11 is 0. The predicted octanol–water partition coefficient (Wildman–Crippen LogP) is 4.70. The Morgan fingerprint density at radius 2 is 1.93 bits per heavy atom. The summed E-state index contributed by atoms with van der Waals surface area (Å²) < 4.78 is 11.2. The maximum atomic E-state index is 9.19. The number of rotatable bonds is 7. The number of aromatic nitrogens is 1. The van der Waals surface area contributed by atoms with E-state index in [0.29, 0.717) is 12.5 Å². The first-order valence-electron chi connectivity index (χ1n) is 10.3. The van der Waals surface area contributed by atoms with Crippen molar-refractivity contribution in [2.45, 2.75) is 25.2 Å². The van der Waals surface area contributed by atoms with Crippen molar-refractivity contribution in [2.75, 3.05) is 33.4 Å². The molecule has 1 N–H and O–H groups in total. The predicted molar refractivity (Wildman–Crippen MR) is 115 cm³/mol. The molecule has 3 aromatic rings. The van der Waals surface area contributed by atoms with Gasteiger partial charge < -0.3 is 19.4 Å². The Balaban J connectivity index is 1.26. The third kappa shape index (κ3) is 4.38. The number of benzene rings is 2. The molecule has 1 fully saturated rings. The summed E-state index contributed by atoms with van der Waals surface area (Å²) in [5.41, 5.74) is 3.21. The van der Waals surface area contributed by atoms with Crippen LogP contribution < -0.4 is 9.47 Å². The molecule has 0 saturated carbocycles. The van der Waals surface area contributed by atoms with Gasteiger partial charge in [0, 0.05) is 23.6 Å². The number of H-pyrrole nitrogens is 1. The lowest BCUT2D eigenvalue weighted by Crippen LogP contribution is -2.34. The highest BCUT2D eigenvalue weighted by atomic mass is 16.5. The number of para-hydroxylation sites is 2. The van der Waals surface area contributed by atoms with Crippen molar-refractivity contribution in [1.29, 1.82) is 5.26 Å². The fourth-order valence-electron chi connectivity index (χ4n) is 4.23. The summed E-state index contributed by atoms with van der Waals surface area (Å²) in [5, 5.41) is 10.4. The van der Waals surface area contributed by atoms with Gasteiger partial charge in [-0.05, 0) is 74.2 Å². The van der Waals surface area contributed by atoms with Crippen LogP contribution in [-0.2, 0) is 0 Å². The molecule has 1 saturated heterocycles. The monoisotopic (exact) mass is 389 g/mol. The van der Waals surface area contributed by atoms with Crippen molar-refractivity contribution < 1.29 is 9.47 Å². The van der Waals surface area contributed by atoms with Gasteiger partial charge in [0.2, 0.25) is 0 Å². The van der Waals surface area contributed by atoms with E-state index in [4.69, 9.17) is 9.47 Å². The minimum atomic E-state index is 0.554. The summed E-state index contributed by atoms with van der Waals surface area (Å²) in [6.45, 7) is 3.95. The number of likely N-dealkylation sites (tertiary alicyclic amines) is 1. The number of aromatic amines is 1. The smallest absolute Gasteiger partial charge is 0.161 e. The van der Waals surface area contributed by atoms with Gasteiger partial charge in [0.05, 0.1) is 25.3 Å². The quantitative estimate of drug-likeness (QED) is 0.595. The zero-order valence-corrected chi connectivity index (χ0v) is 16.9. The van der Waals surface area contributed by atoms with Gasteiger partial charge in [0.1, 0.15) is 0 Å². The lowest BCUT2D eigenvalue weighted by Gasteiger charge is -2.32. The highest BCUT2D eigenvalue weighted by Gasteiger charge is 2.22. The minimum Gasteiger partial charge on any atom is -0.493 e. The van der Waals surface area contributed by atoms with Gasteiger partial charge in [-0.1, -0.05) is 12.1 Å². The van der Waals surface area contributed by atoms with Crippen molar-refractivity contribution in [1.82, 2.24) is 9.88 Å². The van der Waals surface area contributed by atoms with Crippen LogP contribution in [-0.4, -0.2) is 43.2 Å². The molecule has 2 aromatic carbocycles. The van der Waals surface area contributed by atoms with Crippen LogP contribution in [0.15, 0.2) is 48.7 Å². The van der Waals surface area contributed by atoms with Crippen LogP contribution in [0.2, 0.25) is 0 Å². The SMILES string of the molecule is COc1ccccc1OCCCN1CCC(c2c[nH]c3ccc(C#N)cc23)CC1. The summed E-state index contributed by atoms with van der Waals surface area (Å²) in [7, 11) is 1.67. The van der Waals surface area contributed by atoms with Crippen LogP contribution in [0.3, 0.4) is 0 Å². The molecule has 29 heavy (non-hydrogen) atoms. The molecule has 150 valence electrons. The molecular weight excluding hydrogens is 362 g/mol. The molecule has 0 amide bonds. The molecule has 0 aliphatic carbocycles. The van der Waals surface area contributed by atoms with Crippen LogP contribution in [0.4, 0.5) is 0 Å². The number of piperidine rings is 1. The topological polar surface area (TPSA) is 61.3 Å². The molecule has 4 rings (SSSR count). The van der Waals surface area contributed by atoms with E-state index in [1.807, 2.05) is 42.5 Å². The lowest BCUT2D eigenvalue weighted by molar-refractivity contribution is 0.191. The molecule has 5 heteroatoms. The number of ether oxygens (including phenoxy) is 2. The third-order valence-electron chi connectivity index (χ3n) is 5.82. The summed E-state index contributed by atoms with van der Waals surface area (Å²) in [4.78, 5) is 5.89. The number of fused-ring (bicyclic) bond motifs is 1. The van der Waals surface area contributed by atoms with E-state index >= 15 is 0 Å². The zero-order chi connectivity index (χ0) is 20.1. The Morgan fingerprint density at radius 3 is 2.69 bits per heavy atom. The third-order valence-corrected chi connectivity index (χ3v) is 5.82. The van der Waals surface area contributed by atoms with Crippen molar-refractivity contribution >= 4 is 10.9 Å². The van der Waals surface area contributed by atoms with E-state index in [1.165, 1.54) is 10.9 Å². The van der Waals surface area contributed by atoms with E-state index in [2.05, 4.69) is 22.1 Å². The normalized spacial score (nSPS) is 15.3. The van der Waals surface area contributed by atoms with Crippen molar-refractivity contribution in [3.63, 3.8) is 0 Å². The lowest BCUT2D eigenvalue weighted by atomic mass is 9.89. The molecule has 1 aliphatic heterocycles. The molecule has 1 aliphatic rings. The Labute approximate surface area is 171 Å². The number of hydrogen-bond acceptors (Lipinski definition) is 4. The van der Waals surface area contributed by atoms with E-state index in [-0.39, 0.29) is 0 Å². The maximum Gasteiger partial charge on any atom is 0.161 e. The Bertz CT molecular complexity index is 997. The number of nitriles is 1. The van der Waals surface area contributed by atoms with Gasteiger partial charge in [0.15, 0.2) is 11.5 Å². The Hall–Kier alpha value is -2.97. The Morgan fingerprint density at radius 1 is 1.14 bits per heavy atom. The van der Waals surface area contributed by atoms with Crippen molar-refractivity contribution in [2.24, 2.45) is 0 Å². The van der Waals surface area contributed by atoms with E-state index in [1.54, 1.807) is 7.11 Å². The largest absolute Gasteiger partial charge is 0.493 e. The van der Waals surface area contributed by atoms with Gasteiger partial charge in [-0.3, -0.25) is 0 Å². The summed E-state index contributed by atoms with van der Waals surface area (Å²) in [6.07, 6.45) is 5.43. The van der Waals surface area contributed by atoms with Crippen LogP contribution in [0.1, 0.15) is 36.3 Å². The van der Waals surface area contributed by atoms with Gasteiger partial charge in [-0.2, -0.15) is 5.26 Å². The first kappa shape index (κ1) is 19.4. The molecule has 0 unspecified atom stereocenters. The van der Waals surface area contributed by atoms with E-state index < -0.39 is 0 Å². The summed E-state index contributed by atoms with van der Waals surface area (Å²) in [5.74, 6) is 2.15. The highest BCUT2D eigenvalue weighted by molar-refractivity contribution is 5.85. The van der Waals surface area contributed by atoms with Crippen LogP contribution in [0.25, 0.3) is 10.9 Å². The van der Waals surface area contributed by atoms with Crippen LogP contribution in [0, 0.1) is 11.3 Å². The van der Waals surface area contributed by atoms with Crippen LogP contribution in [0.5, 0.6) is 11.5 Å². The van der Waals surface area contributed by atoms with E-state index in [0.717, 1.165) is 61.5 Å². The second-order valence-electron chi connectivity index (χ2n) is 7.58. The molecule has 0 bridgehead atoms. The molecule has 1 aromatic heterocycles. The zero-order valence-electron chi connectivity index (χ0n) is 16.9. The summed E-state index contributed by atoms with van der Waals surface area (Å²) in [6, 6.07) is 15.9.